The van der Waals surface area contributed by atoms with Crippen LogP contribution < -0.4 is 21.8 Å². The predicted molar refractivity (Wildman–Crippen MR) is 97.2 cm³/mol. The summed E-state index contributed by atoms with van der Waals surface area (Å²) in [5.74, 6) is 0.523. The summed E-state index contributed by atoms with van der Waals surface area (Å²) < 4.78 is 6.82. The lowest BCUT2D eigenvalue weighted by Gasteiger charge is -2.03. The van der Waals surface area contributed by atoms with Gasteiger partial charge in [0.1, 0.15) is 11.3 Å². The molecule has 25 heavy (non-hydrogen) atoms. The van der Waals surface area contributed by atoms with E-state index in [1.165, 1.54) is 0 Å². The summed E-state index contributed by atoms with van der Waals surface area (Å²) in [4.78, 5) is 27.7. The maximum Gasteiger partial charge on any atom is 0.333 e. The third-order valence-corrected chi connectivity index (χ3v) is 3.97. The molecule has 0 atom stereocenters. The molecule has 122 valence electrons. The lowest BCUT2D eigenvalue weighted by molar-refractivity contribution is 0.603. The zero-order chi connectivity index (χ0) is 17.4. The predicted octanol–water partition coefficient (Wildman–Crippen LogP) is 1.51. The van der Waals surface area contributed by atoms with E-state index in [0.29, 0.717) is 11.4 Å². The van der Waals surface area contributed by atoms with Gasteiger partial charge in [0.2, 0.25) is 0 Å². The summed E-state index contributed by atoms with van der Waals surface area (Å²) in [5, 5.41) is 1.47. The van der Waals surface area contributed by atoms with Gasteiger partial charge in [-0.2, -0.15) is 0 Å². The van der Waals surface area contributed by atoms with E-state index >= 15 is 0 Å². The molecule has 0 saturated carbocycles. The monoisotopic (exact) mass is 330 g/mol. The van der Waals surface area contributed by atoms with Gasteiger partial charge < -0.3 is 9.40 Å². The first-order valence-corrected chi connectivity index (χ1v) is 7.73. The number of aromatic amines is 1. The SMILES string of the molecule is C=c1[nH]c(=O)n(-c2ccccc2)c(=O)/c1=C\c1cc2ccccc2o1. The Morgan fingerprint density at radius 2 is 1.72 bits per heavy atom. The molecule has 0 saturated heterocycles. The van der Waals surface area contributed by atoms with Crippen molar-refractivity contribution in [1.29, 1.82) is 0 Å². The zero-order valence-corrected chi connectivity index (χ0v) is 13.2. The minimum Gasteiger partial charge on any atom is -0.457 e. The first-order valence-electron chi connectivity index (χ1n) is 7.73. The molecule has 0 aliphatic carbocycles. The molecule has 0 radical (unpaired) electrons. The van der Waals surface area contributed by atoms with Crippen molar-refractivity contribution in [3.8, 4) is 5.69 Å². The minimum absolute atomic E-state index is 0.252. The number of furan rings is 1. The molecule has 0 bridgehead atoms. The van der Waals surface area contributed by atoms with Crippen LogP contribution in [0.25, 0.3) is 29.3 Å². The Morgan fingerprint density at radius 1 is 1.00 bits per heavy atom. The number of rotatable bonds is 2. The average Bonchev–Trinajstić information content (AvgIpc) is 3.02. The van der Waals surface area contributed by atoms with Crippen LogP contribution in [0, 0.1) is 0 Å². The Kier molecular flexibility index (Phi) is 3.47. The number of H-pyrrole nitrogens is 1. The van der Waals surface area contributed by atoms with Gasteiger partial charge in [0.05, 0.1) is 10.9 Å². The summed E-state index contributed by atoms with van der Waals surface area (Å²) in [6, 6.07) is 18.2. The van der Waals surface area contributed by atoms with Crippen LogP contribution in [0.2, 0.25) is 0 Å². The first-order chi connectivity index (χ1) is 12.1. The van der Waals surface area contributed by atoms with Crippen molar-refractivity contribution in [2.75, 3.05) is 0 Å². The van der Waals surface area contributed by atoms with Crippen molar-refractivity contribution >= 4 is 23.6 Å². The van der Waals surface area contributed by atoms with Crippen LogP contribution in [-0.4, -0.2) is 9.55 Å². The smallest absolute Gasteiger partial charge is 0.333 e. The third kappa shape index (κ3) is 2.61. The van der Waals surface area contributed by atoms with Gasteiger partial charge in [-0.1, -0.05) is 43.0 Å². The largest absolute Gasteiger partial charge is 0.457 e. The number of nitrogens with one attached hydrogen (secondary N) is 1. The molecule has 5 nitrogen and oxygen atoms in total. The molecule has 2 aromatic carbocycles. The fourth-order valence-corrected chi connectivity index (χ4v) is 2.77. The van der Waals surface area contributed by atoms with Gasteiger partial charge in [0.25, 0.3) is 5.56 Å². The highest BCUT2D eigenvalue weighted by molar-refractivity contribution is 5.79. The van der Waals surface area contributed by atoms with Gasteiger partial charge in [-0.3, -0.25) is 4.79 Å². The molecule has 5 heteroatoms. The second kappa shape index (κ2) is 5.79. The molecule has 4 aromatic rings. The molecule has 2 heterocycles. The molecule has 4 rings (SSSR count). The first kappa shape index (κ1) is 15.0. The van der Waals surface area contributed by atoms with Crippen LogP contribution in [0.5, 0.6) is 0 Å². The van der Waals surface area contributed by atoms with E-state index in [9.17, 15) is 9.59 Å². The number of aromatic nitrogens is 2. The number of fused-ring (bicyclic) bond motifs is 1. The van der Waals surface area contributed by atoms with Crippen molar-refractivity contribution in [3.05, 3.63) is 97.8 Å². The van der Waals surface area contributed by atoms with Crippen LogP contribution in [0.15, 0.2) is 74.7 Å². The Balaban J connectivity index is 2.01. The summed E-state index contributed by atoms with van der Waals surface area (Å²) >= 11 is 0. The topological polar surface area (TPSA) is 68.0 Å². The molecule has 0 aliphatic rings. The van der Waals surface area contributed by atoms with Gasteiger partial charge in [-0.05, 0) is 30.3 Å². The van der Waals surface area contributed by atoms with E-state index in [2.05, 4.69) is 11.6 Å². The number of benzene rings is 2. The second-order valence-corrected chi connectivity index (χ2v) is 5.63. The molecule has 0 spiro atoms. The fourth-order valence-electron chi connectivity index (χ4n) is 2.77. The summed E-state index contributed by atoms with van der Waals surface area (Å²) in [6.45, 7) is 3.79. The highest BCUT2D eigenvalue weighted by Gasteiger charge is 2.07. The number of hydrogen-bond donors (Lipinski definition) is 1. The Bertz CT molecular complexity index is 1260. The van der Waals surface area contributed by atoms with Crippen molar-refractivity contribution in [2.45, 2.75) is 0 Å². The van der Waals surface area contributed by atoms with Crippen molar-refractivity contribution in [2.24, 2.45) is 0 Å². The van der Waals surface area contributed by atoms with Crippen LogP contribution in [-0.2, 0) is 0 Å². The lowest BCUT2D eigenvalue weighted by Crippen LogP contribution is -2.52. The number of para-hydroxylation sites is 2. The quantitative estimate of drug-likeness (QED) is 0.606. The number of nitrogens with zero attached hydrogens (tertiary/aromatic N) is 1. The molecule has 0 unspecified atom stereocenters. The average molecular weight is 330 g/mol. The second-order valence-electron chi connectivity index (χ2n) is 5.63. The van der Waals surface area contributed by atoms with Gasteiger partial charge in [-0.15, -0.1) is 0 Å². The van der Waals surface area contributed by atoms with E-state index in [1.54, 1.807) is 30.3 Å². The molecule has 0 aliphatic heterocycles. The number of hydrogen-bond acceptors (Lipinski definition) is 3. The normalized spacial score (nSPS) is 11.9. The lowest BCUT2D eigenvalue weighted by atomic mass is 10.2. The molecular weight excluding hydrogens is 316 g/mol. The Morgan fingerprint density at radius 3 is 2.48 bits per heavy atom. The van der Waals surface area contributed by atoms with Crippen molar-refractivity contribution in [3.63, 3.8) is 0 Å². The van der Waals surface area contributed by atoms with Crippen LogP contribution >= 0.6 is 0 Å². The highest BCUT2D eigenvalue weighted by atomic mass is 16.3. The summed E-state index contributed by atoms with van der Waals surface area (Å²) in [5.41, 5.74) is 0.253. The Hall–Kier alpha value is -3.60. The van der Waals surface area contributed by atoms with E-state index in [0.717, 1.165) is 15.5 Å². The van der Waals surface area contributed by atoms with Crippen LogP contribution in [0.1, 0.15) is 5.76 Å². The van der Waals surface area contributed by atoms with E-state index < -0.39 is 11.2 Å². The van der Waals surface area contributed by atoms with Gasteiger partial charge >= 0.3 is 5.69 Å². The molecule has 0 amide bonds. The molecular formula is C20H14N2O3. The highest BCUT2D eigenvalue weighted by Crippen LogP contribution is 2.18. The maximum atomic E-state index is 12.9. The van der Waals surface area contributed by atoms with E-state index in [4.69, 9.17) is 4.42 Å². The molecule has 0 fully saturated rings. The van der Waals surface area contributed by atoms with Crippen molar-refractivity contribution in [1.82, 2.24) is 9.55 Å². The van der Waals surface area contributed by atoms with E-state index in [-0.39, 0.29) is 10.6 Å². The van der Waals surface area contributed by atoms with Crippen LogP contribution in [0.3, 0.4) is 0 Å². The zero-order valence-electron chi connectivity index (χ0n) is 13.2. The minimum atomic E-state index is -0.525. The molecule has 2 aromatic heterocycles. The van der Waals surface area contributed by atoms with Crippen LogP contribution in [0.4, 0.5) is 0 Å². The Labute approximate surface area is 141 Å². The van der Waals surface area contributed by atoms with Crippen molar-refractivity contribution < 1.29 is 4.42 Å². The van der Waals surface area contributed by atoms with Gasteiger partial charge in [0, 0.05) is 10.7 Å². The maximum absolute atomic E-state index is 12.9. The van der Waals surface area contributed by atoms with Gasteiger partial charge in [0.15, 0.2) is 0 Å². The molecule has 1 N–H and O–H groups in total. The fraction of sp³-hybridized carbons (Fsp3) is 0. The standard InChI is InChI=1S/C20H14N2O3/c1-13-17(12-16-11-14-7-5-6-10-18(14)25-16)19(23)22(20(24)21-13)15-8-3-2-4-9-15/h2-12H,1H2,(H,21,24)/b17-12-. The third-order valence-electron chi connectivity index (χ3n) is 3.97. The van der Waals surface area contributed by atoms with Gasteiger partial charge in [-0.25, -0.2) is 9.36 Å². The summed E-state index contributed by atoms with van der Waals surface area (Å²) in [6.07, 6.45) is 1.60. The van der Waals surface area contributed by atoms with E-state index in [1.807, 2.05) is 36.4 Å². The summed E-state index contributed by atoms with van der Waals surface area (Å²) in [7, 11) is 0.